The van der Waals surface area contributed by atoms with E-state index in [-0.39, 0.29) is 6.10 Å². The molecule has 0 aliphatic carbocycles. The highest BCUT2D eigenvalue weighted by molar-refractivity contribution is 6.30. The molecule has 3 rings (SSSR count). The third-order valence-electron chi connectivity index (χ3n) is 5.01. The molecule has 1 fully saturated rings. The molecule has 1 aliphatic rings. The van der Waals surface area contributed by atoms with E-state index in [1.807, 2.05) is 26.0 Å². The molecule has 1 aromatic carbocycles. The van der Waals surface area contributed by atoms with E-state index < -0.39 is 0 Å². The van der Waals surface area contributed by atoms with Crippen LogP contribution < -0.4 is 4.90 Å². The summed E-state index contributed by atoms with van der Waals surface area (Å²) in [5.41, 5.74) is 3.56. The third kappa shape index (κ3) is 5.18. The van der Waals surface area contributed by atoms with Gasteiger partial charge in [-0.25, -0.2) is 9.97 Å². The Morgan fingerprint density at radius 3 is 2.37 bits per heavy atom. The number of aromatic nitrogens is 2. The summed E-state index contributed by atoms with van der Waals surface area (Å²) in [6.07, 6.45) is 1.41. The Hall–Kier alpha value is -1.69. The van der Waals surface area contributed by atoms with Gasteiger partial charge in [0.1, 0.15) is 11.6 Å². The summed E-state index contributed by atoms with van der Waals surface area (Å²) >= 11 is 6.04. The van der Waals surface area contributed by atoms with Gasteiger partial charge in [-0.15, -0.1) is 0 Å². The Morgan fingerprint density at radius 2 is 1.78 bits per heavy atom. The first-order chi connectivity index (χ1) is 13.0. The number of hydrogen-bond acceptors (Lipinski definition) is 5. The smallest absolute Gasteiger partial charge is 0.136 e. The van der Waals surface area contributed by atoms with Crippen molar-refractivity contribution in [3.8, 4) is 0 Å². The van der Waals surface area contributed by atoms with Gasteiger partial charge in [0.25, 0.3) is 0 Å². The minimum atomic E-state index is -0.287. The minimum absolute atomic E-state index is 0.287. The summed E-state index contributed by atoms with van der Waals surface area (Å²) in [4.78, 5) is 14.2. The highest BCUT2D eigenvalue weighted by atomic mass is 35.5. The second kappa shape index (κ2) is 9.00. The number of anilines is 1. The van der Waals surface area contributed by atoms with E-state index in [1.54, 1.807) is 0 Å². The van der Waals surface area contributed by atoms with Crippen LogP contribution in [0.4, 0.5) is 5.82 Å². The standard InChI is InChI=1S/C21H29ClN4O/c1-4-20-19(13-17-5-7-18(22)8-6-17)21(24-16(3)23-20)26-11-9-25(10-12-26)14-15(2)27/h5-8,15,27H,4,9-14H2,1-3H3/t15-/m0/s1. The van der Waals surface area contributed by atoms with E-state index in [2.05, 4.69) is 28.9 Å². The predicted octanol–water partition coefficient (Wildman–Crippen LogP) is 3.09. The Balaban J connectivity index is 1.85. The number of benzene rings is 1. The van der Waals surface area contributed by atoms with Crippen molar-refractivity contribution in [3.63, 3.8) is 0 Å². The number of nitrogens with zero attached hydrogens (tertiary/aromatic N) is 4. The first-order valence-corrected chi connectivity index (χ1v) is 10.1. The fourth-order valence-corrected chi connectivity index (χ4v) is 3.82. The number of aliphatic hydroxyl groups excluding tert-OH is 1. The number of hydrogen-bond donors (Lipinski definition) is 1. The number of rotatable bonds is 6. The van der Waals surface area contributed by atoms with Crippen molar-refractivity contribution in [2.75, 3.05) is 37.6 Å². The van der Waals surface area contributed by atoms with Gasteiger partial charge < -0.3 is 10.0 Å². The van der Waals surface area contributed by atoms with Gasteiger partial charge in [0.05, 0.1) is 6.10 Å². The van der Waals surface area contributed by atoms with Gasteiger partial charge in [-0.2, -0.15) is 0 Å². The summed E-state index contributed by atoms with van der Waals surface area (Å²) in [6.45, 7) is 10.4. The van der Waals surface area contributed by atoms with Gasteiger partial charge in [0.2, 0.25) is 0 Å². The maximum Gasteiger partial charge on any atom is 0.136 e. The maximum atomic E-state index is 9.63. The second-order valence-corrected chi connectivity index (χ2v) is 7.75. The molecule has 1 aliphatic heterocycles. The normalized spacial score (nSPS) is 16.6. The second-order valence-electron chi connectivity index (χ2n) is 7.31. The van der Waals surface area contributed by atoms with Gasteiger partial charge in [-0.05, 0) is 38.0 Å². The summed E-state index contributed by atoms with van der Waals surface area (Å²) in [5.74, 6) is 1.89. The van der Waals surface area contributed by atoms with E-state index in [1.165, 1.54) is 11.1 Å². The van der Waals surface area contributed by atoms with Crippen LogP contribution in [0.2, 0.25) is 5.02 Å². The fourth-order valence-electron chi connectivity index (χ4n) is 3.69. The average molecular weight is 389 g/mol. The lowest BCUT2D eigenvalue weighted by Gasteiger charge is -2.37. The zero-order chi connectivity index (χ0) is 19.4. The highest BCUT2D eigenvalue weighted by Gasteiger charge is 2.23. The zero-order valence-electron chi connectivity index (χ0n) is 16.5. The monoisotopic (exact) mass is 388 g/mol. The van der Waals surface area contributed by atoms with Crippen LogP contribution in [0.15, 0.2) is 24.3 Å². The molecule has 0 amide bonds. The van der Waals surface area contributed by atoms with Crippen LogP contribution in [0.1, 0.15) is 36.5 Å². The largest absolute Gasteiger partial charge is 0.392 e. The van der Waals surface area contributed by atoms with Crippen LogP contribution in [-0.4, -0.2) is 58.8 Å². The predicted molar refractivity (Wildman–Crippen MR) is 111 cm³/mol. The first kappa shape index (κ1) is 20.1. The number of aryl methyl sites for hydroxylation is 2. The van der Waals surface area contributed by atoms with Crippen molar-refractivity contribution in [2.45, 2.75) is 39.7 Å². The molecule has 1 atom stereocenters. The van der Waals surface area contributed by atoms with Crippen LogP contribution in [0.3, 0.4) is 0 Å². The molecule has 0 spiro atoms. The number of piperazine rings is 1. The molecular formula is C21H29ClN4O. The van der Waals surface area contributed by atoms with Gasteiger partial charge in [-0.3, -0.25) is 4.90 Å². The molecule has 2 aromatic rings. The molecule has 1 saturated heterocycles. The summed E-state index contributed by atoms with van der Waals surface area (Å²) in [6, 6.07) is 8.02. The average Bonchev–Trinajstić information content (AvgIpc) is 2.64. The molecule has 6 heteroatoms. The quantitative estimate of drug-likeness (QED) is 0.824. The van der Waals surface area contributed by atoms with Crippen LogP contribution >= 0.6 is 11.6 Å². The number of β-amino-alcohol motifs (C(OH)–C–C–N with tert-alkyl or cyclic N) is 1. The van der Waals surface area contributed by atoms with E-state index >= 15 is 0 Å². The van der Waals surface area contributed by atoms with Crippen LogP contribution in [0.5, 0.6) is 0 Å². The van der Waals surface area contributed by atoms with Crippen LogP contribution in [0.25, 0.3) is 0 Å². The van der Waals surface area contributed by atoms with E-state index in [0.29, 0.717) is 0 Å². The molecular weight excluding hydrogens is 360 g/mol. The molecule has 0 bridgehead atoms. The van der Waals surface area contributed by atoms with Crippen LogP contribution in [-0.2, 0) is 12.8 Å². The zero-order valence-corrected chi connectivity index (χ0v) is 17.2. The number of halogens is 1. The molecule has 146 valence electrons. The van der Waals surface area contributed by atoms with Crippen molar-refractivity contribution >= 4 is 17.4 Å². The van der Waals surface area contributed by atoms with Crippen LogP contribution in [0, 0.1) is 6.92 Å². The van der Waals surface area contributed by atoms with Gasteiger partial charge in [-0.1, -0.05) is 30.7 Å². The lowest BCUT2D eigenvalue weighted by Crippen LogP contribution is -2.49. The Kier molecular flexibility index (Phi) is 6.68. The molecule has 0 radical (unpaired) electrons. The fraction of sp³-hybridized carbons (Fsp3) is 0.524. The summed E-state index contributed by atoms with van der Waals surface area (Å²) in [7, 11) is 0. The molecule has 5 nitrogen and oxygen atoms in total. The third-order valence-corrected chi connectivity index (χ3v) is 5.26. The van der Waals surface area contributed by atoms with Crippen molar-refractivity contribution in [1.82, 2.24) is 14.9 Å². The SMILES string of the molecule is CCc1nc(C)nc(N2CCN(C[C@H](C)O)CC2)c1Cc1ccc(Cl)cc1. The topological polar surface area (TPSA) is 52.5 Å². The van der Waals surface area contributed by atoms with E-state index in [4.69, 9.17) is 21.6 Å². The Bertz CT molecular complexity index is 756. The van der Waals surface area contributed by atoms with Crippen molar-refractivity contribution in [1.29, 1.82) is 0 Å². The Morgan fingerprint density at radius 1 is 1.11 bits per heavy atom. The summed E-state index contributed by atoms with van der Waals surface area (Å²) in [5, 5.41) is 10.4. The van der Waals surface area contributed by atoms with Crippen molar-refractivity contribution in [2.24, 2.45) is 0 Å². The van der Waals surface area contributed by atoms with Gasteiger partial charge in [0, 0.05) is 55.4 Å². The molecule has 1 N–H and O–H groups in total. The van der Waals surface area contributed by atoms with Gasteiger partial charge in [0.15, 0.2) is 0 Å². The minimum Gasteiger partial charge on any atom is -0.392 e. The molecule has 0 unspecified atom stereocenters. The highest BCUT2D eigenvalue weighted by Crippen LogP contribution is 2.26. The van der Waals surface area contributed by atoms with Crippen molar-refractivity contribution < 1.29 is 5.11 Å². The Labute approximate surface area is 167 Å². The molecule has 2 heterocycles. The van der Waals surface area contributed by atoms with E-state index in [9.17, 15) is 5.11 Å². The molecule has 1 aromatic heterocycles. The lowest BCUT2D eigenvalue weighted by atomic mass is 10.0. The molecule has 27 heavy (non-hydrogen) atoms. The summed E-state index contributed by atoms with van der Waals surface area (Å²) < 4.78 is 0. The number of aliphatic hydroxyl groups is 1. The van der Waals surface area contributed by atoms with E-state index in [0.717, 1.165) is 67.9 Å². The maximum absolute atomic E-state index is 9.63. The first-order valence-electron chi connectivity index (χ1n) is 9.72. The molecule has 0 saturated carbocycles. The van der Waals surface area contributed by atoms with Gasteiger partial charge >= 0.3 is 0 Å². The lowest BCUT2D eigenvalue weighted by molar-refractivity contribution is 0.122. The van der Waals surface area contributed by atoms with Crippen molar-refractivity contribution in [3.05, 3.63) is 51.9 Å².